The predicted octanol–water partition coefficient (Wildman–Crippen LogP) is 2.55. The third-order valence-corrected chi connectivity index (χ3v) is 1.79. The molecule has 0 saturated carbocycles. The quantitative estimate of drug-likeness (QED) is 0.584. The van der Waals surface area contributed by atoms with Crippen molar-refractivity contribution < 1.29 is 0 Å². The monoisotopic (exact) mass is 180 g/mol. The van der Waals surface area contributed by atoms with E-state index in [-0.39, 0.29) is 23.1 Å². The van der Waals surface area contributed by atoms with Gasteiger partial charge in [-0.25, -0.2) is 0 Å². The maximum atomic E-state index is 5.72. The van der Waals surface area contributed by atoms with Crippen LogP contribution in [0.15, 0.2) is 24.3 Å². The normalized spacial score (nSPS) is 9.45. The van der Waals surface area contributed by atoms with Crippen LogP contribution in [0, 0.1) is 0 Å². The van der Waals surface area contributed by atoms with Gasteiger partial charge in [0, 0.05) is 5.02 Å². The zero-order valence-corrected chi connectivity index (χ0v) is 7.02. The van der Waals surface area contributed by atoms with Crippen LogP contribution in [0.1, 0.15) is 25.3 Å². The summed E-state index contributed by atoms with van der Waals surface area (Å²) in [5.41, 5.74) is 1.34. The van der Waals surface area contributed by atoms with Gasteiger partial charge >= 0.3 is 23.1 Å². The molecule has 0 saturated heterocycles. The van der Waals surface area contributed by atoms with Gasteiger partial charge in [-0.2, -0.15) is 0 Å². The van der Waals surface area contributed by atoms with Gasteiger partial charge in [-0.1, -0.05) is 37.6 Å². The summed E-state index contributed by atoms with van der Waals surface area (Å²) in [6.07, 6.45) is 0. The summed E-state index contributed by atoms with van der Waals surface area (Å²) in [6, 6.07) is 7.98. The van der Waals surface area contributed by atoms with Gasteiger partial charge in [0.1, 0.15) is 0 Å². The lowest BCUT2D eigenvalue weighted by molar-refractivity contribution is 0.867. The van der Waals surface area contributed by atoms with Crippen molar-refractivity contribution in [2.75, 3.05) is 0 Å². The molecule has 0 aliphatic carbocycles. The molecule has 0 bridgehead atoms. The third-order valence-electron chi connectivity index (χ3n) is 1.54. The summed E-state index contributed by atoms with van der Waals surface area (Å²) in [4.78, 5) is 0. The third kappa shape index (κ3) is 3.45. The van der Waals surface area contributed by atoms with E-state index in [1.54, 1.807) is 0 Å². The van der Waals surface area contributed by atoms with E-state index < -0.39 is 0 Å². The number of benzene rings is 1. The molecule has 0 atom stereocenters. The van der Waals surface area contributed by atoms with Crippen molar-refractivity contribution in [3.63, 3.8) is 0 Å². The molecule has 2 heteroatoms. The van der Waals surface area contributed by atoms with Crippen LogP contribution in [0.4, 0.5) is 0 Å². The number of halogens is 1. The fourth-order valence-electron chi connectivity index (χ4n) is 0.848. The molecule has 0 aliphatic rings. The summed E-state index contributed by atoms with van der Waals surface area (Å²) in [5, 5.41) is 0.810. The molecule has 1 aromatic carbocycles. The van der Waals surface area contributed by atoms with Crippen molar-refractivity contribution in [2.24, 2.45) is 0 Å². The Balaban J connectivity index is 0.000001000. The molecule has 0 fully saturated rings. The first kappa shape index (κ1) is 11.3. The maximum absolute atomic E-state index is 5.72. The molecule has 0 unspecified atom stereocenters. The first-order valence-corrected chi connectivity index (χ1v) is 3.83. The second-order valence-corrected chi connectivity index (χ2v) is 3.14. The van der Waals surface area contributed by atoms with Gasteiger partial charge in [-0.15, -0.1) is 0 Å². The van der Waals surface area contributed by atoms with Crippen LogP contribution in [0.25, 0.3) is 0 Å². The molecule has 58 valence electrons. The Morgan fingerprint density at radius 3 is 1.91 bits per heavy atom. The van der Waals surface area contributed by atoms with Crippen LogP contribution in [-0.2, 0) is 0 Å². The molecule has 0 heterocycles. The highest BCUT2D eigenvalue weighted by atomic mass is 35.5. The Bertz CT molecular complexity index is 203. The average Bonchev–Trinajstić information content (AvgIpc) is 1.88. The highest BCUT2D eigenvalue weighted by Gasteiger charge is 1.96. The molecule has 0 amide bonds. The fraction of sp³-hybridized carbons (Fsp3) is 0.333. The summed E-state index contributed by atoms with van der Waals surface area (Å²) in [5.74, 6) is 0.595. The van der Waals surface area contributed by atoms with Crippen molar-refractivity contribution in [1.82, 2.24) is 0 Å². The zero-order valence-electron chi connectivity index (χ0n) is 6.26. The molecular weight excluding hydrogens is 168 g/mol. The number of hydrogen-bond donors (Lipinski definition) is 0. The molecular formula is C9H13ClMg. The molecule has 0 nitrogen and oxygen atoms in total. The lowest BCUT2D eigenvalue weighted by Gasteiger charge is -2.03. The Morgan fingerprint density at radius 2 is 1.55 bits per heavy atom. The molecule has 0 radical (unpaired) electrons. The standard InChI is InChI=1S/C9H11Cl.Mg.2H/c1-7(2)8-3-5-9(10)6-4-8;;;/h3-7H,1-2H3;;;. The number of hydrogen-bond acceptors (Lipinski definition) is 0. The molecule has 0 spiro atoms. The molecule has 1 aromatic rings. The number of rotatable bonds is 1. The molecule has 0 aliphatic heterocycles. The lowest BCUT2D eigenvalue weighted by atomic mass is 10.0. The SMILES string of the molecule is CC(C)c1ccc(Cl)cc1.[MgH2]. The summed E-state index contributed by atoms with van der Waals surface area (Å²) in [7, 11) is 0. The van der Waals surface area contributed by atoms with Gasteiger partial charge in [-0.3, -0.25) is 0 Å². The molecule has 1 rings (SSSR count). The minimum Gasteiger partial charge on any atom is -0.0843 e. The van der Waals surface area contributed by atoms with Gasteiger partial charge < -0.3 is 0 Å². The first-order valence-electron chi connectivity index (χ1n) is 3.45. The maximum Gasteiger partial charge on any atom is 0.316 e. The van der Waals surface area contributed by atoms with Gasteiger partial charge in [0.25, 0.3) is 0 Å². The van der Waals surface area contributed by atoms with Crippen LogP contribution in [-0.4, -0.2) is 23.1 Å². The van der Waals surface area contributed by atoms with Crippen molar-refractivity contribution in [2.45, 2.75) is 19.8 Å². The van der Waals surface area contributed by atoms with Gasteiger partial charge in [-0.05, 0) is 23.6 Å². The van der Waals surface area contributed by atoms with Gasteiger partial charge in [0.2, 0.25) is 0 Å². The van der Waals surface area contributed by atoms with E-state index in [9.17, 15) is 0 Å². The minimum atomic E-state index is 0. The predicted molar refractivity (Wildman–Crippen MR) is 54.1 cm³/mol. The van der Waals surface area contributed by atoms with Crippen molar-refractivity contribution >= 4 is 34.7 Å². The summed E-state index contributed by atoms with van der Waals surface area (Å²) < 4.78 is 0. The fourth-order valence-corrected chi connectivity index (χ4v) is 0.974. The highest BCUT2D eigenvalue weighted by molar-refractivity contribution is 6.30. The molecule has 0 aromatic heterocycles. The van der Waals surface area contributed by atoms with E-state index in [1.165, 1.54) is 5.56 Å². The van der Waals surface area contributed by atoms with Crippen LogP contribution in [0.2, 0.25) is 5.02 Å². The second-order valence-electron chi connectivity index (χ2n) is 2.71. The van der Waals surface area contributed by atoms with Gasteiger partial charge in [0.15, 0.2) is 0 Å². The average molecular weight is 181 g/mol. The lowest BCUT2D eigenvalue weighted by Crippen LogP contribution is -1.84. The largest absolute Gasteiger partial charge is 0.316 e. The Labute approximate surface area is 89.1 Å². The van der Waals surface area contributed by atoms with E-state index in [4.69, 9.17) is 11.6 Å². The van der Waals surface area contributed by atoms with Crippen LogP contribution in [0.3, 0.4) is 0 Å². The zero-order chi connectivity index (χ0) is 7.56. The van der Waals surface area contributed by atoms with Crippen LogP contribution < -0.4 is 0 Å². The summed E-state index contributed by atoms with van der Waals surface area (Å²) >= 11 is 5.72. The summed E-state index contributed by atoms with van der Waals surface area (Å²) in [6.45, 7) is 4.34. The second kappa shape index (κ2) is 5.02. The van der Waals surface area contributed by atoms with Crippen LogP contribution >= 0.6 is 11.6 Å². The Hall–Kier alpha value is 0.276. The van der Waals surface area contributed by atoms with Crippen molar-refractivity contribution in [3.8, 4) is 0 Å². The van der Waals surface area contributed by atoms with Crippen LogP contribution in [0.5, 0.6) is 0 Å². The topological polar surface area (TPSA) is 0 Å². The van der Waals surface area contributed by atoms with Crippen molar-refractivity contribution in [3.05, 3.63) is 34.9 Å². The minimum absolute atomic E-state index is 0. The molecule has 11 heavy (non-hydrogen) atoms. The highest BCUT2D eigenvalue weighted by Crippen LogP contribution is 2.16. The van der Waals surface area contributed by atoms with E-state index in [1.807, 2.05) is 12.1 Å². The smallest absolute Gasteiger partial charge is 0.0843 e. The van der Waals surface area contributed by atoms with E-state index in [2.05, 4.69) is 26.0 Å². The molecule has 0 N–H and O–H groups in total. The van der Waals surface area contributed by atoms with Crippen molar-refractivity contribution in [1.29, 1.82) is 0 Å². The van der Waals surface area contributed by atoms with Gasteiger partial charge in [0.05, 0.1) is 0 Å². The van der Waals surface area contributed by atoms with E-state index in [0.29, 0.717) is 5.92 Å². The van der Waals surface area contributed by atoms with E-state index in [0.717, 1.165) is 5.02 Å². The Kier molecular flexibility index (Phi) is 5.14. The Morgan fingerprint density at radius 1 is 1.09 bits per heavy atom. The van der Waals surface area contributed by atoms with E-state index >= 15 is 0 Å². The first-order chi connectivity index (χ1) is 4.70.